The molecule has 0 bridgehead atoms. The molecule has 2 N–H and O–H groups in total. The number of hydrogen-bond acceptors (Lipinski definition) is 4. The molecule has 0 aromatic heterocycles. The van der Waals surface area contributed by atoms with Gasteiger partial charge in [0.2, 0.25) is 10.0 Å². The number of methoxy groups -OCH3 is 1. The molecule has 0 spiro atoms. The standard InChI is InChI=1S/C16H17Cl2NO4S/c1-16(20,11-3-5-12(17)6-4-11)10-19-24(21,22)15-9-13(18)7-8-14(15)23-2/h3-9,19-20H,10H2,1-2H3. The Bertz CT molecular complexity index is 820. The largest absolute Gasteiger partial charge is 0.495 e. The summed E-state index contributed by atoms with van der Waals surface area (Å²) in [6, 6.07) is 10.8. The Kier molecular flexibility index (Phi) is 5.78. The second kappa shape index (κ2) is 7.29. The molecule has 0 aliphatic carbocycles. The Labute approximate surface area is 151 Å². The summed E-state index contributed by atoms with van der Waals surface area (Å²) in [4.78, 5) is -0.0931. The zero-order valence-electron chi connectivity index (χ0n) is 13.1. The Balaban J connectivity index is 2.24. The lowest BCUT2D eigenvalue weighted by Gasteiger charge is -2.24. The fraction of sp³-hybridized carbons (Fsp3) is 0.250. The summed E-state index contributed by atoms with van der Waals surface area (Å²) in [6.07, 6.45) is 0. The number of rotatable bonds is 6. The van der Waals surface area contributed by atoms with Crippen molar-refractivity contribution < 1.29 is 18.3 Å². The lowest BCUT2D eigenvalue weighted by molar-refractivity contribution is 0.0627. The lowest BCUT2D eigenvalue weighted by atomic mass is 9.97. The van der Waals surface area contributed by atoms with Crippen molar-refractivity contribution in [2.24, 2.45) is 0 Å². The van der Waals surface area contributed by atoms with Crippen molar-refractivity contribution in [3.8, 4) is 5.75 Å². The Morgan fingerprint density at radius 3 is 2.29 bits per heavy atom. The van der Waals surface area contributed by atoms with Gasteiger partial charge in [0.15, 0.2) is 0 Å². The van der Waals surface area contributed by atoms with Crippen LogP contribution in [0.15, 0.2) is 47.4 Å². The highest BCUT2D eigenvalue weighted by atomic mass is 35.5. The van der Waals surface area contributed by atoms with Crippen LogP contribution in [0.1, 0.15) is 12.5 Å². The van der Waals surface area contributed by atoms with Gasteiger partial charge >= 0.3 is 0 Å². The zero-order valence-corrected chi connectivity index (χ0v) is 15.4. The topological polar surface area (TPSA) is 75.6 Å². The van der Waals surface area contributed by atoms with E-state index in [0.717, 1.165) is 0 Å². The van der Waals surface area contributed by atoms with E-state index in [9.17, 15) is 13.5 Å². The molecule has 0 amide bonds. The van der Waals surface area contributed by atoms with Gasteiger partial charge in [-0.1, -0.05) is 35.3 Å². The molecule has 0 aliphatic rings. The first-order chi connectivity index (χ1) is 11.2. The van der Waals surface area contributed by atoms with Gasteiger partial charge in [-0.05, 0) is 42.8 Å². The van der Waals surface area contributed by atoms with E-state index in [1.165, 1.54) is 32.2 Å². The number of sulfonamides is 1. The molecule has 2 aromatic carbocycles. The first-order valence-electron chi connectivity index (χ1n) is 6.97. The fourth-order valence-electron chi connectivity index (χ4n) is 2.08. The third kappa shape index (κ3) is 4.40. The Hall–Kier alpha value is -1.31. The van der Waals surface area contributed by atoms with E-state index in [1.54, 1.807) is 24.3 Å². The van der Waals surface area contributed by atoms with Crippen LogP contribution in [0.2, 0.25) is 10.0 Å². The average molecular weight is 390 g/mol. The van der Waals surface area contributed by atoms with E-state index in [0.29, 0.717) is 10.6 Å². The Morgan fingerprint density at radius 1 is 1.12 bits per heavy atom. The van der Waals surface area contributed by atoms with E-state index in [2.05, 4.69) is 4.72 Å². The second-order valence-electron chi connectivity index (χ2n) is 5.40. The molecule has 0 saturated carbocycles. The summed E-state index contributed by atoms with van der Waals surface area (Å²) in [7, 11) is -2.55. The van der Waals surface area contributed by atoms with Gasteiger partial charge < -0.3 is 9.84 Å². The minimum absolute atomic E-state index is 0.0931. The van der Waals surface area contributed by atoms with Crippen LogP contribution in [0.3, 0.4) is 0 Å². The van der Waals surface area contributed by atoms with Crippen LogP contribution < -0.4 is 9.46 Å². The van der Waals surface area contributed by atoms with Gasteiger partial charge in [-0.15, -0.1) is 0 Å². The third-order valence-corrected chi connectivity index (χ3v) is 5.40. The molecule has 2 rings (SSSR count). The first kappa shape index (κ1) is 19.0. The highest BCUT2D eigenvalue weighted by molar-refractivity contribution is 7.89. The third-order valence-electron chi connectivity index (χ3n) is 3.49. The van der Waals surface area contributed by atoms with Gasteiger partial charge in [-0.25, -0.2) is 13.1 Å². The molecule has 2 aromatic rings. The summed E-state index contributed by atoms with van der Waals surface area (Å²) >= 11 is 11.7. The van der Waals surface area contributed by atoms with Crippen LogP contribution in [0.25, 0.3) is 0 Å². The summed E-state index contributed by atoms with van der Waals surface area (Å²) in [6.45, 7) is 1.28. The quantitative estimate of drug-likeness (QED) is 0.795. The van der Waals surface area contributed by atoms with Gasteiger partial charge in [-0.3, -0.25) is 0 Å². The van der Waals surface area contributed by atoms with Crippen LogP contribution in [0.5, 0.6) is 5.75 Å². The van der Waals surface area contributed by atoms with Crippen molar-refractivity contribution in [3.05, 3.63) is 58.1 Å². The maximum absolute atomic E-state index is 12.5. The molecule has 0 aliphatic heterocycles. The van der Waals surface area contributed by atoms with Crippen molar-refractivity contribution >= 4 is 33.2 Å². The SMILES string of the molecule is COc1ccc(Cl)cc1S(=O)(=O)NCC(C)(O)c1ccc(Cl)cc1. The van der Waals surface area contributed by atoms with Crippen LogP contribution in [-0.2, 0) is 15.6 Å². The number of aliphatic hydroxyl groups is 1. The van der Waals surface area contributed by atoms with Crippen molar-refractivity contribution in [3.63, 3.8) is 0 Å². The van der Waals surface area contributed by atoms with Crippen LogP contribution in [0.4, 0.5) is 0 Å². The van der Waals surface area contributed by atoms with E-state index < -0.39 is 15.6 Å². The molecule has 1 atom stereocenters. The number of benzene rings is 2. The maximum atomic E-state index is 12.5. The molecular weight excluding hydrogens is 373 g/mol. The molecule has 130 valence electrons. The van der Waals surface area contributed by atoms with Gasteiger partial charge in [0.1, 0.15) is 16.2 Å². The molecule has 5 nitrogen and oxygen atoms in total. The van der Waals surface area contributed by atoms with Crippen LogP contribution in [-0.4, -0.2) is 27.2 Å². The molecule has 0 radical (unpaired) electrons. The summed E-state index contributed by atoms with van der Waals surface area (Å²) in [5.41, 5.74) is -0.878. The van der Waals surface area contributed by atoms with E-state index >= 15 is 0 Å². The molecule has 8 heteroatoms. The fourth-order valence-corrected chi connectivity index (χ4v) is 3.77. The molecule has 0 saturated heterocycles. The minimum atomic E-state index is -3.92. The molecular formula is C16H17Cl2NO4S. The minimum Gasteiger partial charge on any atom is -0.495 e. The normalized spacial score (nSPS) is 14.2. The van der Waals surface area contributed by atoms with E-state index in [4.69, 9.17) is 27.9 Å². The lowest BCUT2D eigenvalue weighted by Crippen LogP contribution is -2.38. The molecule has 1 unspecified atom stereocenters. The summed E-state index contributed by atoms with van der Waals surface area (Å²) < 4.78 is 32.5. The van der Waals surface area contributed by atoms with Gasteiger partial charge in [0, 0.05) is 16.6 Å². The zero-order chi connectivity index (χ0) is 18.0. The Morgan fingerprint density at radius 2 is 1.71 bits per heavy atom. The van der Waals surface area contributed by atoms with E-state index in [1.807, 2.05) is 0 Å². The van der Waals surface area contributed by atoms with Gasteiger partial charge in [0.25, 0.3) is 0 Å². The van der Waals surface area contributed by atoms with Crippen molar-refractivity contribution in [2.45, 2.75) is 17.4 Å². The average Bonchev–Trinajstić information content (AvgIpc) is 2.53. The predicted molar refractivity (Wildman–Crippen MR) is 94.2 cm³/mol. The van der Waals surface area contributed by atoms with Crippen molar-refractivity contribution in [2.75, 3.05) is 13.7 Å². The van der Waals surface area contributed by atoms with Crippen LogP contribution >= 0.6 is 23.2 Å². The first-order valence-corrected chi connectivity index (χ1v) is 9.21. The van der Waals surface area contributed by atoms with Gasteiger partial charge in [0.05, 0.1) is 7.11 Å². The number of ether oxygens (including phenoxy) is 1. The highest BCUT2D eigenvalue weighted by Gasteiger charge is 2.27. The number of hydrogen-bond donors (Lipinski definition) is 2. The summed E-state index contributed by atoms with van der Waals surface area (Å²) in [5, 5.41) is 11.3. The maximum Gasteiger partial charge on any atom is 0.244 e. The molecule has 0 heterocycles. The van der Waals surface area contributed by atoms with Gasteiger partial charge in [-0.2, -0.15) is 0 Å². The second-order valence-corrected chi connectivity index (χ2v) is 8.01. The van der Waals surface area contributed by atoms with E-state index in [-0.39, 0.29) is 22.2 Å². The number of halogens is 2. The van der Waals surface area contributed by atoms with Crippen LogP contribution in [0, 0.1) is 0 Å². The van der Waals surface area contributed by atoms with Crippen molar-refractivity contribution in [1.82, 2.24) is 4.72 Å². The smallest absolute Gasteiger partial charge is 0.244 e. The number of nitrogens with one attached hydrogen (secondary N) is 1. The predicted octanol–water partition coefficient (Wildman–Crippen LogP) is 3.19. The summed E-state index contributed by atoms with van der Waals surface area (Å²) in [5.74, 6) is 0.165. The molecule has 0 fully saturated rings. The monoisotopic (exact) mass is 389 g/mol. The highest BCUT2D eigenvalue weighted by Crippen LogP contribution is 2.28. The molecule has 24 heavy (non-hydrogen) atoms. The van der Waals surface area contributed by atoms with Crippen molar-refractivity contribution in [1.29, 1.82) is 0 Å².